The zero-order valence-corrected chi connectivity index (χ0v) is 11.3. The molecule has 0 atom stereocenters. The maximum absolute atomic E-state index is 13.4. The minimum atomic E-state index is -0.430. The van der Waals surface area contributed by atoms with Crippen molar-refractivity contribution in [3.8, 4) is 5.75 Å². The van der Waals surface area contributed by atoms with Crippen molar-refractivity contribution in [3.05, 3.63) is 47.3 Å². The van der Waals surface area contributed by atoms with E-state index in [2.05, 4.69) is 15.1 Å². The van der Waals surface area contributed by atoms with E-state index in [0.717, 1.165) is 0 Å². The summed E-state index contributed by atoms with van der Waals surface area (Å²) in [6, 6.07) is 6.15. The van der Waals surface area contributed by atoms with Gasteiger partial charge in [0.25, 0.3) is 0 Å². The van der Waals surface area contributed by atoms with Gasteiger partial charge in [-0.25, -0.2) is 14.4 Å². The minimum Gasteiger partial charge on any atom is -0.483 e. The van der Waals surface area contributed by atoms with Crippen LogP contribution in [0.25, 0.3) is 11.0 Å². The molecule has 0 aliphatic carbocycles. The number of para-hydroxylation sites is 1. The predicted octanol–water partition coefficient (Wildman–Crippen LogP) is 2.73. The van der Waals surface area contributed by atoms with Gasteiger partial charge in [-0.3, -0.25) is 4.68 Å². The van der Waals surface area contributed by atoms with Gasteiger partial charge in [0.05, 0.1) is 11.6 Å². The second kappa shape index (κ2) is 5.05. The van der Waals surface area contributed by atoms with Gasteiger partial charge in [0.2, 0.25) is 0 Å². The molecule has 2 aromatic heterocycles. The van der Waals surface area contributed by atoms with Crippen LogP contribution < -0.4 is 4.74 Å². The fourth-order valence-electron chi connectivity index (χ4n) is 1.80. The number of hydrogen-bond donors (Lipinski definition) is 0. The number of ether oxygens (including phenoxy) is 1. The predicted molar refractivity (Wildman–Crippen MR) is 72.0 cm³/mol. The van der Waals surface area contributed by atoms with Crippen molar-refractivity contribution in [1.29, 1.82) is 0 Å². The molecule has 7 heteroatoms. The molecule has 2 heterocycles. The summed E-state index contributed by atoms with van der Waals surface area (Å²) in [5.41, 5.74) is 0.608. The smallest absolute Gasteiger partial charge is 0.170 e. The third-order valence-corrected chi connectivity index (χ3v) is 3.07. The molecule has 0 saturated heterocycles. The Morgan fingerprint density at radius 1 is 1.30 bits per heavy atom. The van der Waals surface area contributed by atoms with E-state index in [1.807, 2.05) is 0 Å². The Kier molecular flexibility index (Phi) is 3.23. The number of hydrogen-bond acceptors (Lipinski definition) is 4. The summed E-state index contributed by atoms with van der Waals surface area (Å²) in [6.45, 7) is 0.0295. The molecule has 0 aliphatic heterocycles. The Labute approximate surface area is 119 Å². The molecule has 0 N–H and O–H groups in total. The maximum Gasteiger partial charge on any atom is 0.170 e. The highest BCUT2D eigenvalue weighted by molar-refractivity contribution is 6.33. The summed E-state index contributed by atoms with van der Waals surface area (Å²) < 4.78 is 20.4. The lowest BCUT2D eigenvalue weighted by Crippen LogP contribution is -2.04. The third-order valence-electron chi connectivity index (χ3n) is 2.79. The molecule has 0 aliphatic rings. The third kappa shape index (κ3) is 2.30. The van der Waals surface area contributed by atoms with Gasteiger partial charge < -0.3 is 4.74 Å². The van der Waals surface area contributed by atoms with Gasteiger partial charge in [-0.2, -0.15) is 5.10 Å². The number of aromatic nitrogens is 4. The average Bonchev–Trinajstić information content (AvgIpc) is 2.80. The van der Waals surface area contributed by atoms with Crippen LogP contribution in [0.4, 0.5) is 4.39 Å². The number of rotatable bonds is 3. The van der Waals surface area contributed by atoms with Crippen molar-refractivity contribution in [1.82, 2.24) is 19.7 Å². The molecule has 102 valence electrons. The fraction of sp³-hybridized carbons (Fsp3) is 0.154. The molecule has 3 rings (SSSR count). The minimum absolute atomic E-state index is 0.0295. The highest BCUT2D eigenvalue weighted by Gasteiger charge is 2.11. The zero-order chi connectivity index (χ0) is 14.1. The van der Waals surface area contributed by atoms with Crippen LogP contribution in [0.5, 0.6) is 5.75 Å². The summed E-state index contributed by atoms with van der Waals surface area (Å²) in [6.07, 6.45) is 1.60. The van der Waals surface area contributed by atoms with E-state index in [1.54, 1.807) is 36.1 Å². The van der Waals surface area contributed by atoms with Gasteiger partial charge in [0, 0.05) is 7.05 Å². The van der Waals surface area contributed by atoms with Crippen LogP contribution >= 0.6 is 11.6 Å². The first kappa shape index (κ1) is 12.8. The van der Waals surface area contributed by atoms with Crippen molar-refractivity contribution < 1.29 is 9.13 Å². The molecular weight excluding hydrogens is 283 g/mol. The van der Waals surface area contributed by atoms with Crippen LogP contribution in [0.2, 0.25) is 5.15 Å². The first-order valence-electron chi connectivity index (χ1n) is 5.86. The fourth-order valence-corrected chi connectivity index (χ4v) is 2.03. The molecule has 0 bridgehead atoms. The number of benzene rings is 1. The van der Waals surface area contributed by atoms with Crippen LogP contribution in [-0.4, -0.2) is 19.7 Å². The molecule has 0 radical (unpaired) electrons. The Morgan fingerprint density at radius 2 is 2.10 bits per heavy atom. The van der Waals surface area contributed by atoms with Gasteiger partial charge in [-0.05, 0) is 12.1 Å². The number of fused-ring (bicyclic) bond motifs is 1. The quantitative estimate of drug-likeness (QED) is 0.697. The lowest BCUT2D eigenvalue weighted by molar-refractivity contribution is 0.281. The largest absolute Gasteiger partial charge is 0.483 e. The van der Waals surface area contributed by atoms with Gasteiger partial charge >= 0.3 is 0 Å². The van der Waals surface area contributed by atoms with E-state index < -0.39 is 5.82 Å². The second-order valence-corrected chi connectivity index (χ2v) is 4.51. The highest BCUT2D eigenvalue weighted by Crippen LogP contribution is 2.21. The van der Waals surface area contributed by atoms with Gasteiger partial charge in [-0.15, -0.1) is 0 Å². The lowest BCUT2D eigenvalue weighted by atomic mass is 10.3. The lowest BCUT2D eigenvalue weighted by Gasteiger charge is -2.06. The summed E-state index contributed by atoms with van der Waals surface area (Å²) >= 11 is 6.05. The standard InChI is InChI=1S/C13H10ClFN4O/c1-19-13-8(6-16-19)12(14)17-11(18-13)7-20-10-5-3-2-4-9(10)15/h2-6H,7H2,1H3. The van der Waals surface area contributed by atoms with Crippen molar-refractivity contribution >= 4 is 22.6 Å². The van der Waals surface area contributed by atoms with Crippen LogP contribution in [-0.2, 0) is 13.7 Å². The van der Waals surface area contributed by atoms with E-state index in [9.17, 15) is 4.39 Å². The van der Waals surface area contributed by atoms with Crippen LogP contribution in [0, 0.1) is 5.82 Å². The van der Waals surface area contributed by atoms with Crippen LogP contribution in [0.1, 0.15) is 5.82 Å². The first-order chi connectivity index (χ1) is 9.65. The van der Waals surface area contributed by atoms with E-state index >= 15 is 0 Å². The van der Waals surface area contributed by atoms with Gasteiger partial charge in [-0.1, -0.05) is 23.7 Å². The summed E-state index contributed by atoms with van der Waals surface area (Å²) in [5, 5.41) is 5.03. The summed E-state index contributed by atoms with van der Waals surface area (Å²) in [5.74, 6) is 0.0897. The summed E-state index contributed by atoms with van der Waals surface area (Å²) in [7, 11) is 1.76. The Bertz CT molecular complexity index is 774. The highest BCUT2D eigenvalue weighted by atomic mass is 35.5. The van der Waals surface area contributed by atoms with Crippen molar-refractivity contribution in [2.75, 3.05) is 0 Å². The van der Waals surface area contributed by atoms with E-state index in [4.69, 9.17) is 16.3 Å². The second-order valence-electron chi connectivity index (χ2n) is 4.16. The summed E-state index contributed by atoms with van der Waals surface area (Å²) in [4.78, 5) is 8.41. The monoisotopic (exact) mass is 292 g/mol. The molecular formula is C13H10ClFN4O. The molecule has 0 fully saturated rings. The molecule has 0 amide bonds. The van der Waals surface area contributed by atoms with Crippen LogP contribution in [0.15, 0.2) is 30.5 Å². The van der Waals surface area contributed by atoms with Gasteiger partial charge in [0.15, 0.2) is 23.0 Å². The van der Waals surface area contributed by atoms with E-state index in [0.29, 0.717) is 22.0 Å². The van der Waals surface area contributed by atoms with E-state index in [-0.39, 0.29) is 12.4 Å². The van der Waals surface area contributed by atoms with Crippen molar-refractivity contribution in [2.45, 2.75) is 6.61 Å². The van der Waals surface area contributed by atoms with Crippen LogP contribution in [0.3, 0.4) is 0 Å². The topological polar surface area (TPSA) is 52.8 Å². The van der Waals surface area contributed by atoms with Gasteiger partial charge in [0.1, 0.15) is 11.8 Å². The SMILES string of the molecule is Cn1ncc2c(Cl)nc(COc3ccccc3F)nc21. The number of halogens is 2. The molecule has 20 heavy (non-hydrogen) atoms. The molecule has 1 aromatic carbocycles. The van der Waals surface area contributed by atoms with Crippen molar-refractivity contribution in [2.24, 2.45) is 7.05 Å². The number of nitrogens with zero attached hydrogens (tertiary/aromatic N) is 4. The Hall–Kier alpha value is -2.21. The average molecular weight is 293 g/mol. The molecule has 0 spiro atoms. The molecule has 3 aromatic rings. The maximum atomic E-state index is 13.4. The molecule has 5 nitrogen and oxygen atoms in total. The Balaban J connectivity index is 1.88. The Morgan fingerprint density at radius 3 is 2.90 bits per heavy atom. The van der Waals surface area contributed by atoms with Crippen molar-refractivity contribution in [3.63, 3.8) is 0 Å². The number of aryl methyl sites for hydroxylation is 1. The van der Waals surface area contributed by atoms with E-state index in [1.165, 1.54) is 6.07 Å². The molecule has 0 unspecified atom stereocenters. The first-order valence-corrected chi connectivity index (χ1v) is 6.24. The zero-order valence-electron chi connectivity index (χ0n) is 10.5. The normalized spacial score (nSPS) is 10.9. The molecule has 0 saturated carbocycles.